The fourth-order valence-electron chi connectivity index (χ4n) is 1.90. The highest BCUT2D eigenvalue weighted by atomic mass is 16.4. The van der Waals surface area contributed by atoms with Gasteiger partial charge < -0.3 is 10.0 Å². The molecular formula is C14H15N3O3. The molecule has 20 heavy (non-hydrogen) atoms. The Balaban J connectivity index is 2.26. The van der Waals surface area contributed by atoms with Crippen molar-refractivity contribution >= 4 is 11.9 Å². The summed E-state index contributed by atoms with van der Waals surface area (Å²) in [4.78, 5) is 23.9. The summed E-state index contributed by atoms with van der Waals surface area (Å²) >= 11 is 0. The normalized spacial score (nSPS) is 10.3. The van der Waals surface area contributed by atoms with E-state index < -0.39 is 5.97 Å². The molecule has 0 bridgehead atoms. The Morgan fingerprint density at radius 1 is 1.35 bits per heavy atom. The molecule has 1 amide bonds. The molecule has 6 nitrogen and oxygen atoms in total. The zero-order valence-electron chi connectivity index (χ0n) is 11.3. The Morgan fingerprint density at radius 3 is 2.70 bits per heavy atom. The molecule has 1 aromatic heterocycles. The molecule has 0 saturated carbocycles. The third-order valence-corrected chi connectivity index (χ3v) is 2.87. The van der Waals surface area contributed by atoms with Crippen LogP contribution >= 0.6 is 0 Å². The van der Waals surface area contributed by atoms with Gasteiger partial charge in [0.1, 0.15) is 6.54 Å². The molecule has 1 N–H and O–H groups in total. The lowest BCUT2D eigenvalue weighted by Gasteiger charge is -2.14. The molecule has 6 heteroatoms. The Bertz CT molecular complexity index is 649. The Kier molecular flexibility index (Phi) is 3.84. The van der Waals surface area contributed by atoms with Gasteiger partial charge in [-0.15, -0.1) is 0 Å². The number of nitrogens with zero attached hydrogens (tertiary/aromatic N) is 3. The number of aromatic nitrogens is 2. The van der Waals surface area contributed by atoms with Crippen LogP contribution < -0.4 is 0 Å². The lowest BCUT2D eigenvalue weighted by Crippen LogP contribution is -2.31. The van der Waals surface area contributed by atoms with Gasteiger partial charge in [-0.2, -0.15) is 5.10 Å². The van der Waals surface area contributed by atoms with Crippen molar-refractivity contribution in [2.75, 3.05) is 13.6 Å². The van der Waals surface area contributed by atoms with Crippen LogP contribution in [0.4, 0.5) is 0 Å². The number of carboxylic acids is 1. The lowest BCUT2D eigenvalue weighted by atomic mass is 10.1. The van der Waals surface area contributed by atoms with E-state index in [2.05, 4.69) is 5.10 Å². The van der Waals surface area contributed by atoms with E-state index in [9.17, 15) is 9.59 Å². The number of benzene rings is 1. The van der Waals surface area contributed by atoms with Crippen molar-refractivity contribution in [3.63, 3.8) is 0 Å². The van der Waals surface area contributed by atoms with E-state index in [1.807, 2.05) is 19.3 Å². The predicted molar refractivity (Wildman–Crippen MR) is 73.2 cm³/mol. The third-order valence-electron chi connectivity index (χ3n) is 2.87. The zero-order valence-corrected chi connectivity index (χ0v) is 11.3. The highest BCUT2D eigenvalue weighted by Crippen LogP contribution is 2.20. The number of hydrogen-bond acceptors (Lipinski definition) is 3. The van der Waals surface area contributed by atoms with E-state index in [0.29, 0.717) is 5.56 Å². The van der Waals surface area contributed by atoms with Gasteiger partial charge in [0.05, 0.1) is 6.20 Å². The number of amides is 1. The number of hydrogen-bond donors (Lipinski definition) is 1. The van der Waals surface area contributed by atoms with Gasteiger partial charge in [0, 0.05) is 31.4 Å². The van der Waals surface area contributed by atoms with E-state index in [1.54, 1.807) is 29.1 Å². The van der Waals surface area contributed by atoms with Gasteiger partial charge >= 0.3 is 5.97 Å². The number of carbonyl (C=O) groups is 2. The van der Waals surface area contributed by atoms with Crippen LogP contribution in [0.5, 0.6) is 0 Å². The maximum Gasteiger partial charge on any atom is 0.323 e. The van der Waals surface area contributed by atoms with E-state index in [-0.39, 0.29) is 12.5 Å². The minimum atomic E-state index is -1.04. The minimum absolute atomic E-state index is 0.321. The number of likely N-dealkylation sites (N-methyl/N-ethyl adjacent to an activating group) is 1. The second kappa shape index (κ2) is 5.56. The van der Waals surface area contributed by atoms with Gasteiger partial charge in [-0.1, -0.05) is 12.1 Å². The topological polar surface area (TPSA) is 75.4 Å². The third kappa shape index (κ3) is 3.03. The van der Waals surface area contributed by atoms with Crippen LogP contribution in [0.25, 0.3) is 11.1 Å². The summed E-state index contributed by atoms with van der Waals surface area (Å²) in [5, 5.41) is 12.8. The SMILES string of the molecule is CN(CC(=O)O)C(=O)c1cccc(-c2cnn(C)c2)c1. The van der Waals surface area contributed by atoms with Gasteiger partial charge in [-0.25, -0.2) is 0 Å². The standard InChI is InChI=1S/C14H15N3O3/c1-16(9-13(18)19)14(20)11-5-3-4-10(6-11)12-7-15-17(2)8-12/h3-8H,9H2,1-2H3,(H,18,19). The van der Waals surface area contributed by atoms with Crippen molar-refractivity contribution in [3.8, 4) is 11.1 Å². The summed E-state index contributed by atoms with van der Waals surface area (Å²) in [5.41, 5.74) is 2.23. The summed E-state index contributed by atoms with van der Waals surface area (Å²) in [6.45, 7) is -0.323. The summed E-state index contributed by atoms with van der Waals surface area (Å²) in [7, 11) is 3.28. The van der Waals surface area contributed by atoms with Crippen molar-refractivity contribution < 1.29 is 14.7 Å². The second-order valence-corrected chi connectivity index (χ2v) is 4.54. The Labute approximate surface area is 116 Å². The quantitative estimate of drug-likeness (QED) is 0.909. The monoisotopic (exact) mass is 273 g/mol. The van der Waals surface area contributed by atoms with Crippen LogP contribution in [0.3, 0.4) is 0 Å². The van der Waals surface area contributed by atoms with Gasteiger partial charge in [-0.3, -0.25) is 14.3 Å². The number of rotatable bonds is 4. The molecule has 0 atom stereocenters. The predicted octanol–water partition coefficient (Wildman–Crippen LogP) is 1.24. The molecule has 0 aliphatic rings. The molecule has 1 heterocycles. The van der Waals surface area contributed by atoms with E-state index in [0.717, 1.165) is 11.1 Å². The molecule has 0 fully saturated rings. The van der Waals surface area contributed by atoms with Gasteiger partial charge in [-0.05, 0) is 17.7 Å². The molecule has 2 rings (SSSR count). The molecular weight excluding hydrogens is 258 g/mol. The average molecular weight is 273 g/mol. The first-order valence-corrected chi connectivity index (χ1v) is 6.03. The lowest BCUT2D eigenvalue weighted by molar-refractivity contribution is -0.137. The Morgan fingerprint density at radius 2 is 2.10 bits per heavy atom. The zero-order chi connectivity index (χ0) is 14.7. The van der Waals surface area contributed by atoms with E-state index in [1.165, 1.54) is 11.9 Å². The van der Waals surface area contributed by atoms with Crippen LogP contribution in [0, 0.1) is 0 Å². The van der Waals surface area contributed by atoms with Crippen molar-refractivity contribution in [2.24, 2.45) is 7.05 Å². The maximum atomic E-state index is 12.1. The molecule has 0 aliphatic carbocycles. The molecule has 0 radical (unpaired) electrons. The first-order chi connectivity index (χ1) is 9.47. The van der Waals surface area contributed by atoms with Gasteiger partial charge in [0.25, 0.3) is 5.91 Å². The van der Waals surface area contributed by atoms with Crippen LogP contribution in [-0.2, 0) is 11.8 Å². The molecule has 1 aromatic carbocycles. The maximum absolute atomic E-state index is 12.1. The highest BCUT2D eigenvalue weighted by molar-refractivity contribution is 5.96. The average Bonchev–Trinajstić information content (AvgIpc) is 2.84. The van der Waals surface area contributed by atoms with E-state index in [4.69, 9.17) is 5.11 Å². The Hall–Kier alpha value is -2.63. The van der Waals surface area contributed by atoms with Crippen LogP contribution in [0.1, 0.15) is 10.4 Å². The summed E-state index contributed by atoms with van der Waals surface area (Å²) in [5.74, 6) is -1.36. The minimum Gasteiger partial charge on any atom is -0.480 e. The smallest absolute Gasteiger partial charge is 0.323 e. The molecule has 0 aliphatic heterocycles. The number of aliphatic carboxylic acids is 1. The molecule has 0 unspecified atom stereocenters. The van der Waals surface area contributed by atoms with Crippen molar-refractivity contribution in [2.45, 2.75) is 0 Å². The number of aryl methyl sites for hydroxylation is 1. The molecule has 0 spiro atoms. The highest BCUT2D eigenvalue weighted by Gasteiger charge is 2.15. The van der Waals surface area contributed by atoms with Crippen LogP contribution in [-0.4, -0.2) is 45.3 Å². The first-order valence-electron chi connectivity index (χ1n) is 6.03. The number of carbonyl (C=O) groups excluding carboxylic acids is 1. The summed E-state index contributed by atoms with van der Waals surface area (Å²) in [6.07, 6.45) is 3.56. The summed E-state index contributed by atoms with van der Waals surface area (Å²) < 4.78 is 1.68. The van der Waals surface area contributed by atoms with Crippen molar-refractivity contribution in [1.29, 1.82) is 0 Å². The van der Waals surface area contributed by atoms with Crippen LogP contribution in [0.15, 0.2) is 36.7 Å². The van der Waals surface area contributed by atoms with Gasteiger partial charge in [0.2, 0.25) is 0 Å². The molecule has 2 aromatic rings. The van der Waals surface area contributed by atoms with Crippen molar-refractivity contribution in [1.82, 2.24) is 14.7 Å². The van der Waals surface area contributed by atoms with Gasteiger partial charge in [0.15, 0.2) is 0 Å². The molecule has 104 valence electrons. The second-order valence-electron chi connectivity index (χ2n) is 4.54. The molecule has 0 saturated heterocycles. The fraction of sp³-hybridized carbons (Fsp3) is 0.214. The van der Waals surface area contributed by atoms with Crippen molar-refractivity contribution in [3.05, 3.63) is 42.2 Å². The van der Waals surface area contributed by atoms with E-state index >= 15 is 0 Å². The summed E-state index contributed by atoms with van der Waals surface area (Å²) in [6, 6.07) is 7.05. The largest absolute Gasteiger partial charge is 0.480 e. The fourth-order valence-corrected chi connectivity index (χ4v) is 1.90. The first kappa shape index (κ1) is 13.8. The van der Waals surface area contributed by atoms with Crippen LogP contribution in [0.2, 0.25) is 0 Å². The number of carboxylic acid groups (broad SMARTS) is 1.